The molecule has 0 amide bonds. The number of benzene rings is 2. The van der Waals surface area contributed by atoms with Crippen molar-refractivity contribution in [3.63, 3.8) is 0 Å². The Hall–Kier alpha value is -3.93. The lowest BCUT2D eigenvalue weighted by molar-refractivity contribution is -0.137. The summed E-state index contributed by atoms with van der Waals surface area (Å²) in [6.45, 7) is 0. The molecule has 0 saturated carbocycles. The monoisotopic (exact) mass is 383 g/mol. The van der Waals surface area contributed by atoms with Gasteiger partial charge >= 0.3 is 6.18 Å². The fourth-order valence-electron chi connectivity index (χ4n) is 2.35. The molecule has 0 aliphatic rings. The molecule has 2 N–H and O–H groups in total. The Balaban J connectivity index is 2.04. The van der Waals surface area contributed by atoms with Crippen LogP contribution in [0.15, 0.2) is 59.6 Å². The van der Waals surface area contributed by atoms with Crippen molar-refractivity contribution in [3.05, 3.63) is 71.3 Å². The smallest absolute Gasteiger partial charge is 0.416 e. The number of nitriles is 1. The SMILES string of the molecule is N#Cc1ccc(Oc2cc(-c3cccc(C(F)(F)F)c3)n/c(=N/C=N)[nH]2)cc1. The molecule has 0 fully saturated rings. The lowest BCUT2D eigenvalue weighted by Crippen LogP contribution is -2.14. The fourth-order valence-corrected chi connectivity index (χ4v) is 2.35. The van der Waals surface area contributed by atoms with Crippen LogP contribution in [0.3, 0.4) is 0 Å². The second-order valence-electron chi connectivity index (χ2n) is 5.53. The van der Waals surface area contributed by atoms with Crippen molar-refractivity contribution in [1.82, 2.24) is 9.97 Å². The molecule has 0 aliphatic carbocycles. The number of ether oxygens (including phenoxy) is 1. The van der Waals surface area contributed by atoms with Gasteiger partial charge in [-0.2, -0.15) is 18.4 Å². The zero-order chi connectivity index (χ0) is 20.1. The van der Waals surface area contributed by atoms with E-state index in [0.717, 1.165) is 18.5 Å². The first-order valence-corrected chi connectivity index (χ1v) is 7.89. The van der Waals surface area contributed by atoms with Crippen molar-refractivity contribution in [2.45, 2.75) is 6.18 Å². The quantitative estimate of drug-likeness (QED) is 0.520. The van der Waals surface area contributed by atoms with Gasteiger partial charge in [-0.15, -0.1) is 0 Å². The molecular formula is C19H12F3N5O. The van der Waals surface area contributed by atoms with Crippen LogP contribution < -0.4 is 10.4 Å². The molecule has 0 saturated heterocycles. The number of nitrogens with zero attached hydrogens (tertiary/aromatic N) is 3. The van der Waals surface area contributed by atoms with Crippen LogP contribution in [0.2, 0.25) is 0 Å². The molecule has 0 unspecified atom stereocenters. The van der Waals surface area contributed by atoms with Crippen LogP contribution >= 0.6 is 0 Å². The Morgan fingerprint density at radius 3 is 2.54 bits per heavy atom. The van der Waals surface area contributed by atoms with E-state index in [1.54, 1.807) is 24.3 Å². The van der Waals surface area contributed by atoms with Crippen molar-refractivity contribution in [2.75, 3.05) is 0 Å². The third-order valence-corrected chi connectivity index (χ3v) is 3.61. The second-order valence-corrected chi connectivity index (χ2v) is 5.53. The zero-order valence-electron chi connectivity index (χ0n) is 14.2. The van der Waals surface area contributed by atoms with Gasteiger partial charge in [-0.25, -0.2) is 9.98 Å². The van der Waals surface area contributed by atoms with Crippen LogP contribution in [0, 0.1) is 16.7 Å². The Bertz CT molecular complexity index is 1110. The molecule has 0 spiro atoms. The molecule has 9 heteroatoms. The van der Waals surface area contributed by atoms with Crippen LogP contribution in [0.4, 0.5) is 13.2 Å². The topological polar surface area (TPSA) is 97.9 Å². The lowest BCUT2D eigenvalue weighted by Gasteiger charge is -2.10. The van der Waals surface area contributed by atoms with Gasteiger partial charge in [-0.3, -0.25) is 10.4 Å². The van der Waals surface area contributed by atoms with Crippen LogP contribution in [-0.2, 0) is 6.18 Å². The number of aromatic amines is 1. The summed E-state index contributed by atoms with van der Waals surface area (Å²) in [5.74, 6) is 0.560. The number of rotatable bonds is 4. The van der Waals surface area contributed by atoms with E-state index in [1.165, 1.54) is 18.2 Å². The van der Waals surface area contributed by atoms with Gasteiger partial charge in [0.05, 0.1) is 22.9 Å². The van der Waals surface area contributed by atoms with E-state index in [0.29, 0.717) is 11.3 Å². The number of halogens is 3. The third-order valence-electron chi connectivity index (χ3n) is 3.61. The normalized spacial score (nSPS) is 11.7. The van der Waals surface area contributed by atoms with Gasteiger partial charge in [0.1, 0.15) is 12.1 Å². The highest BCUT2D eigenvalue weighted by atomic mass is 19.4. The number of hydrogen-bond donors (Lipinski definition) is 2. The van der Waals surface area contributed by atoms with E-state index >= 15 is 0 Å². The first kappa shape index (κ1) is 18.8. The predicted octanol–water partition coefficient (Wildman–Crippen LogP) is 4.27. The number of alkyl halides is 3. The summed E-state index contributed by atoms with van der Waals surface area (Å²) in [5.41, 5.74) is 0.0486. The van der Waals surface area contributed by atoms with E-state index < -0.39 is 11.7 Å². The lowest BCUT2D eigenvalue weighted by atomic mass is 10.1. The molecule has 140 valence electrons. The minimum atomic E-state index is -4.49. The summed E-state index contributed by atoms with van der Waals surface area (Å²) in [5, 5.41) is 15.9. The fraction of sp³-hybridized carbons (Fsp3) is 0.0526. The van der Waals surface area contributed by atoms with Crippen molar-refractivity contribution < 1.29 is 17.9 Å². The van der Waals surface area contributed by atoms with Gasteiger partial charge in [0.15, 0.2) is 0 Å². The maximum absolute atomic E-state index is 13.0. The second kappa shape index (κ2) is 7.75. The molecule has 0 radical (unpaired) electrons. The first-order chi connectivity index (χ1) is 13.4. The van der Waals surface area contributed by atoms with Crippen molar-refractivity contribution in [3.8, 4) is 29.0 Å². The standard InChI is InChI=1S/C19H12F3N5O/c20-19(21,22)14-3-1-2-13(8-14)16-9-17(27-18(26-16)25-11-24)28-15-6-4-12(10-23)5-7-15/h1-9,11H,(H2,24,25,26,27). The molecule has 1 aromatic heterocycles. The van der Waals surface area contributed by atoms with Gasteiger partial charge in [0, 0.05) is 11.6 Å². The molecule has 2 aromatic carbocycles. The van der Waals surface area contributed by atoms with Crippen LogP contribution in [0.25, 0.3) is 11.3 Å². The minimum Gasteiger partial charge on any atom is -0.441 e. The van der Waals surface area contributed by atoms with E-state index in [2.05, 4.69) is 15.0 Å². The highest BCUT2D eigenvalue weighted by Crippen LogP contribution is 2.32. The summed E-state index contributed by atoms with van der Waals surface area (Å²) in [6.07, 6.45) is -3.73. The highest BCUT2D eigenvalue weighted by Gasteiger charge is 2.30. The van der Waals surface area contributed by atoms with Gasteiger partial charge in [-0.05, 0) is 36.4 Å². The molecule has 0 aliphatic heterocycles. The van der Waals surface area contributed by atoms with Crippen molar-refractivity contribution in [1.29, 1.82) is 10.7 Å². The van der Waals surface area contributed by atoms with Gasteiger partial charge < -0.3 is 4.74 Å². The summed E-state index contributed by atoms with van der Waals surface area (Å²) < 4.78 is 44.6. The van der Waals surface area contributed by atoms with Crippen LogP contribution in [0.5, 0.6) is 11.6 Å². The van der Waals surface area contributed by atoms with Gasteiger partial charge in [0.25, 0.3) is 0 Å². The molecule has 28 heavy (non-hydrogen) atoms. The average Bonchev–Trinajstić information content (AvgIpc) is 2.68. The summed E-state index contributed by atoms with van der Waals surface area (Å²) in [4.78, 5) is 10.6. The first-order valence-electron chi connectivity index (χ1n) is 7.89. The van der Waals surface area contributed by atoms with Gasteiger partial charge in [0.2, 0.25) is 11.5 Å². The van der Waals surface area contributed by atoms with E-state index in [4.69, 9.17) is 15.4 Å². The number of H-pyrrole nitrogens is 1. The van der Waals surface area contributed by atoms with E-state index in [1.807, 2.05) is 6.07 Å². The van der Waals surface area contributed by atoms with E-state index in [-0.39, 0.29) is 22.8 Å². The minimum absolute atomic E-state index is 0.00597. The zero-order valence-corrected chi connectivity index (χ0v) is 14.2. The molecular weight excluding hydrogens is 371 g/mol. The molecule has 6 nitrogen and oxygen atoms in total. The molecule has 0 atom stereocenters. The molecule has 3 rings (SSSR count). The van der Waals surface area contributed by atoms with Crippen molar-refractivity contribution in [2.24, 2.45) is 4.99 Å². The Labute approximate surface area is 157 Å². The summed E-state index contributed by atoms with van der Waals surface area (Å²) >= 11 is 0. The Kier molecular flexibility index (Phi) is 5.22. The number of hydrogen-bond acceptors (Lipinski definition) is 4. The Morgan fingerprint density at radius 2 is 1.89 bits per heavy atom. The Morgan fingerprint density at radius 1 is 1.14 bits per heavy atom. The van der Waals surface area contributed by atoms with Crippen LogP contribution in [-0.4, -0.2) is 16.3 Å². The largest absolute Gasteiger partial charge is 0.441 e. The molecule has 0 bridgehead atoms. The third kappa shape index (κ3) is 4.42. The molecule has 1 heterocycles. The van der Waals surface area contributed by atoms with Crippen LogP contribution in [0.1, 0.15) is 11.1 Å². The average molecular weight is 383 g/mol. The number of nitrogens with one attached hydrogen (secondary N) is 2. The highest BCUT2D eigenvalue weighted by molar-refractivity contribution is 5.61. The van der Waals surface area contributed by atoms with E-state index in [9.17, 15) is 13.2 Å². The summed E-state index contributed by atoms with van der Waals surface area (Å²) in [6, 6.07) is 14.4. The van der Waals surface area contributed by atoms with Gasteiger partial charge in [-0.1, -0.05) is 12.1 Å². The maximum Gasteiger partial charge on any atom is 0.416 e. The summed E-state index contributed by atoms with van der Waals surface area (Å²) in [7, 11) is 0. The maximum atomic E-state index is 13.0. The number of aromatic nitrogens is 2. The predicted molar refractivity (Wildman–Crippen MR) is 94.6 cm³/mol. The van der Waals surface area contributed by atoms with Crippen molar-refractivity contribution >= 4 is 6.34 Å². The molecule has 3 aromatic rings.